The highest BCUT2D eigenvalue weighted by molar-refractivity contribution is 7.90. The Kier molecular flexibility index (Phi) is 6.38. The summed E-state index contributed by atoms with van der Waals surface area (Å²) in [6.07, 6.45) is 2.88. The first-order valence-corrected chi connectivity index (χ1v) is 13.6. The Labute approximate surface area is 185 Å². The van der Waals surface area contributed by atoms with Crippen LogP contribution < -0.4 is 9.99 Å². The molecule has 158 valence electrons. The summed E-state index contributed by atoms with van der Waals surface area (Å²) < 4.78 is 29.4. The van der Waals surface area contributed by atoms with Crippen LogP contribution in [0, 0.1) is 13.8 Å². The topological polar surface area (TPSA) is 61.8 Å². The zero-order chi connectivity index (χ0) is 21.1. The molecule has 0 aliphatic carbocycles. The highest BCUT2D eigenvalue weighted by atomic mass is 32.9. The Morgan fingerprint density at radius 1 is 0.867 bits per heavy atom. The second kappa shape index (κ2) is 9.01. The van der Waals surface area contributed by atoms with Crippen molar-refractivity contribution >= 4 is 47.1 Å². The van der Waals surface area contributed by atoms with E-state index in [1.165, 1.54) is 20.7 Å². The van der Waals surface area contributed by atoms with Gasteiger partial charge in [0.1, 0.15) is 9.67 Å². The van der Waals surface area contributed by atoms with Crippen LogP contribution in [0.5, 0.6) is 0 Å². The fraction of sp³-hybridized carbons (Fsp3) is 0.318. The largest absolute Gasteiger partial charge is 0.345 e. The lowest BCUT2D eigenvalue weighted by molar-refractivity contribution is 0.346. The first kappa shape index (κ1) is 21.2. The maximum Gasteiger partial charge on any atom is 0.249 e. The van der Waals surface area contributed by atoms with E-state index in [4.69, 9.17) is 4.99 Å². The summed E-state index contributed by atoms with van der Waals surface area (Å²) in [5.41, 5.74) is 3.93. The van der Waals surface area contributed by atoms with E-state index in [-0.39, 0.29) is 0 Å². The van der Waals surface area contributed by atoms with Crippen LogP contribution in [0.3, 0.4) is 0 Å². The highest BCUT2D eigenvalue weighted by Gasteiger charge is 2.31. The molecule has 1 saturated heterocycles. The van der Waals surface area contributed by atoms with Crippen molar-refractivity contribution in [2.75, 3.05) is 18.4 Å². The molecule has 1 aliphatic rings. The normalized spacial score (nSPS) is 16.0. The van der Waals surface area contributed by atoms with Crippen LogP contribution in [-0.2, 0) is 10.0 Å². The molecule has 1 fully saturated rings. The van der Waals surface area contributed by atoms with Crippen LogP contribution in [0.4, 0.5) is 16.4 Å². The maximum absolute atomic E-state index is 13.6. The van der Waals surface area contributed by atoms with Crippen molar-refractivity contribution in [2.24, 2.45) is 4.99 Å². The molecular weight excluding hydrogens is 434 g/mol. The molecule has 2 heterocycles. The fourth-order valence-electron chi connectivity index (χ4n) is 3.37. The van der Waals surface area contributed by atoms with Gasteiger partial charge in [-0.2, -0.15) is 4.31 Å². The molecule has 0 bridgehead atoms. The van der Waals surface area contributed by atoms with Gasteiger partial charge >= 0.3 is 0 Å². The molecule has 0 saturated carbocycles. The highest BCUT2D eigenvalue weighted by Crippen LogP contribution is 2.33. The number of aryl methyl sites for hydroxylation is 2. The predicted molar refractivity (Wildman–Crippen MR) is 126 cm³/mol. The van der Waals surface area contributed by atoms with E-state index in [2.05, 4.69) is 5.32 Å². The van der Waals surface area contributed by atoms with Gasteiger partial charge in [-0.05, 0) is 51.0 Å². The second-order valence-corrected chi connectivity index (χ2v) is 11.5. The Morgan fingerprint density at radius 2 is 1.47 bits per heavy atom. The summed E-state index contributed by atoms with van der Waals surface area (Å²) in [5, 5.41) is 3.95. The van der Waals surface area contributed by atoms with Gasteiger partial charge in [0, 0.05) is 18.8 Å². The van der Waals surface area contributed by atoms with E-state index < -0.39 is 10.0 Å². The van der Waals surface area contributed by atoms with Crippen molar-refractivity contribution < 1.29 is 8.42 Å². The van der Waals surface area contributed by atoms with Gasteiger partial charge in [0.2, 0.25) is 10.0 Å². The average molecular weight is 460 g/mol. The zero-order valence-electron chi connectivity index (χ0n) is 17.1. The number of benzene rings is 2. The summed E-state index contributed by atoms with van der Waals surface area (Å²) in [4.78, 5) is 4.99. The van der Waals surface area contributed by atoms with Crippen LogP contribution in [0.15, 0.2) is 58.4 Å². The van der Waals surface area contributed by atoms with E-state index in [1.807, 2.05) is 62.4 Å². The first-order chi connectivity index (χ1) is 14.4. The van der Waals surface area contributed by atoms with Crippen molar-refractivity contribution in [3.63, 3.8) is 0 Å². The van der Waals surface area contributed by atoms with Gasteiger partial charge in [0.25, 0.3) is 0 Å². The van der Waals surface area contributed by atoms with E-state index in [9.17, 15) is 8.42 Å². The van der Waals surface area contributed by atoms with E-state index >= 15 is 0 Å². The van der Waals surface area contributed by atoms with Gasteiger partial charge in [0.15, 0.2) is 4.90 Å². The van der Waals surface area contributed by atoms with Crippen LogP contribution in [-0.4, -0.2) is 25.8 Å². The molecule has 5 nitrogen and oxygen atoms in total. The molecule has 1 aromatic heterocycles. The number of nitrogens with one attached hydrogen (secondary N) is 1. The Balaban J connectivity index is 1.81. The molecule has 0 atom stereocenters. The molecular formula is C22H25N3O2S3. The van der Waals surface area contributed by atoms with Gasteiger partial charge in [0.05, 0.1) is 5.69 Å². The van der Waals surface area contributed by atoms with E-state index in [0.29, 0.717) is 27.7 Å². The number of nitrogens with zero attached hydrogens (tertiary/aromatic N) is 2. The molecule has 0 spiro atoms. The van der Waals surface area contributed by atoms with Crippen molar-refractivity contribution in [3.8, 4) is 0 Å². The van der Waals surface area contributed by atoms with Crippen molar-refractivity contribution in [1.82, 2.24) is 4.31 Å². The van der Waals surface area contributed by atoms with Crippen LogP contribution in [0.2, 0.25) is 0 Å². The lowest BCUT2D eigenvalue weighted by Gasteiger charge is -2.25. The van der Waals surface area contributed by atoms with Gasteiger partial charge in [-0.25, -0.2) is 13.4 Å². The summed E-state index contributed by atoms with van der Waals surface area (Å²) in [6, 6.07) is 15.8. The number of sulfonamides is 1. The molecule has 0 amide bonds. The third kappa shape index (κ3) is 4.67. The van der Waals surface area contributed by atoms with E-state index in [0.717, 1.165) is 41.8 Å². The molecule has 4 rings (SSSR count). The summed E-state index contributed by atoms with van der Waals surface area (Å²) in [6.45, 7) is 5.18. The molecule has 0 unspecified atom stereocenters. The molecule has 30 heavy (non-hydrogen) atoms. The Morgan fingerprint density at radius 3 is 2.10 bits per heavy atom. The number of hydrogen-bond acceptors (Lipinski definition) is 6. The number of rotatable bonds is 5. The minimum Gasteiger partial charge on any atom is -0.345 e. The van der Waals surface area contributed by atoms with Crippen molar-refractivity contribution in [1.29, 1.82) is 0 Å². The summed E-state index contributed by atoms with van der Waals surface area (Å²) >= 11 is 0. The number of hydrogen-bond donors (Lipinski definition) is 1. The summed E-state index contributed by atoms with van der Waals surface area (Å²) in [7, 11) is -0.824. The van der Waals surface area contributed by atoms with Gasteiger partial charge in [-0.15, -0.1) is 0 Å². The number of piperidine rings is 1. The van der Waals surface area contributed by atoms with Gasteiger partial charge in [-0.3, -0.25) is 0 Å². The van der Waals surface area contributed by atoms with Crippen molar-refractivity contribution in [3.05, 3.63) is 64.3 Å². The average Bonchev–Trinajstić information content (AvgIpc) is 3.15. The third-order valence-electron chi connectivity index (χ3n) is 5.09. The molecule has 0 radical (unpaired) electrons. The van der Waals surface area contributed by atoms with Crippen molar-refractivity contribution in [2.45, 2.75) is 38.0 Å². The Hall–Kier alpha value is -2.00. The smallest absolute Gasteiger partial charge is 0.249 e. The minimum absolute atomic E-state index is 0.292. The zero-order valence-corrected chi connectivity index (χ0v) is 19.5. The molecule has 1 aliphatic heterocycles. The first-order valence-electron chi connectivity index (χ1n) is 10.0. The van der Waals surface area contributed by atoms with Crippen LogP contribution in [0.1, 0.15) is 30.4 Å². The minimum atomic E-state index is -3.64. The SMILES string of the molecule is Cc1ccc(N=c2ssc(Nc3ccc(C)cc3)c2S(=O)(=O)N2CCCCC2)cc1. The standard InChI is InChI=1S/C22H25N3O2S3/c1-16-6-10-18(11-7-16)23-21-20(30(26,27)25-14-4-3-5-15-25)22(29-28-21)24-19-12-8-17(2)9-13-19/h6-13,23H,3-5,14-15H2,1-2H3. The third-order valence-corrected chi connectivity index (χ3v) is 9.54. The lowest BCUT2D eigenvalue weighted by atomic mass is 10.2. The summed E-state index contributed by atoms with van der Waals surface area (Å²) in [5.74, 6) is 0. The second-order valence-electron chi connectivity index (χ2n) is 7.53. The predicted octanol–water partition coefficient (Wildman–Crippen LogP) is 5.58. The monoisotopic (exact) mass is 459 g/mol. The Bertz CT molecular complexity index is 1170. The molecule has 2 aromatic carbocycles. The fourth-order valence-corrected chi connectivity index (χ4v) is 8.22. The number of anilines is 2. The van der Waals surface area contributed by atoms with Crippen LogP contribution >= 0.6 is 20.7 Å². The molecule has 3 aromatic rings. The molecule has 8 heteroatoms. The van der Waals surface area contributed by atoms with E-state index in [1.54, 1.807) is 4.31 Å². The van der Waals surface area contributed by atoms with Gasteiger partial charge < -0.3 is 5.32 Å². The van der Waals surface area contributed by atoms with Gasteiger partial charge in [-0.1, -0.05) is 62.5 Å². The lowest BCUT2D eigenvalue weighted by Crippen LogP contribution is -2.37. The quantitative estimate of drug-likeness (QED) is 0.507. The molecule has 1 N–H and O–H groups in total. The maximum atomic E-state index is 13.6. The van der Waals surface area contributed by atoms with Crippen LogP contribution in [0.25, 0.3) is 0 Å².